The van der Waals surface area contributed by atoms with Crippen LogP contribution in [0.1, 0.15) is 32.1 Å². The van der Waals surface area contributed by atoms with E-state index in [0.717, 1.165) is 25.7 Å². The van der Waals surface area contributed by atoms with Gasteiger partial charge in [0.15, 0.2) is 0 Å². The number of carbonyl (C=O) groups excluding carboxylic acids is 1. The molecule has 0 saturated heterocycles. The van der Waals surface area contributed by atoms with Gasteiger partial charge < -0.3 is 5.73 Å². The van der Waals surface area contributed by atoms with Crippen LogP contribution < -0.4 is 5.73 Å². The zero-order valence-corrected chi connectivity index (χ0v) is 6.75. The van der Waals surface area contributed by atoms with Crippen molar-refractivity contribution in [3.63, 3.8) is 0 Å². The third-order valence-electron chi connectivity index (χ3n) is 3.20. The summed E-state index contributed by atoms with van der Waals surface area (Å²) in [5, 5.41) is 0. The molecule has 2 rings (SSSR count). The van der Waals surface area contributed by atoms with Gasteiger partial charge in [-0.05, 0) is 25.7 Å². The molecule has 2 heteroatoms. The molecule has 0 aromatic carbocycles. The predicted octanol–water partition coefficient (Wildman–Crippen LogP) is 1.09. The molecule has 62 valence electrons. The van der Waals surface area contributed by atoms with Crippen LogP contribution in [0.2, 0.25) is 0 Å². The van der Waals surface area contributed by atoms with Crippen LogP contribution in [0, 0.1) is 11.8 Å². The van der Waals surface area contributed by atoms with E-state index in [1.54, 1.807) is 0 Å². The quantitative estimate of drug-likeness (QED) is 0.566. The molecule has 2 fully saturated rings. The minimum absolute atomic E-state index is 0.180. The fraction of sp³-hybridized carbons (Fsp3) is 0.889. The summed E-state index contributed by atoms with van der Waals surface area (Å²) in [5.74, 6) is 1.08. The average molecular weight is 153 g/mol. The Morgan fingerprint density at radius 1 is 1.18 bits per heavy atom. The Hall–Kier alpha value is -0.370. The van der Waals surface area contributed by atoms with Crippen LogP contribution in [0.25, 0.3) is 0 Å². The Bertz CT molecular complexity index is 178. The molecular formula is C9H15NO. The summed E-state index contributed by atoms with van der Waals surface area (Å²) in [5.41, 5.74) is 5.86. The van der Waals surface area contributed by atoms with Gasteiger partial charge in [0.05, 0.1) is 0 Å². The van der Waals surface area contributed by atoms with Gasteiger partial charge >= 0.3 is 0 Å². The van der Waals surface area contributed by atoms with Crippen molar-refractivity contribution in [1.29, 1.82) is 0 Å². The lowest BCUT2D eigenvalue weighted by Crippen LogP contribution is -2.45. The van der Waals surface area contributed by atoms with Crippen LogP contribution in [-0.4, -0.2) is 11.8 Å². The minimum Gasteiger partial charge on any atom is -0.327 e. The Labute approximate surface area is 67.1 Å². The van der Waals surface area contributed by atoms with Crippen LogP contribution in [0.3, 0.4) is 0 Å². The van der Waals surface area contributed by atoms with Crippen LogP contribution in [0.5, 0.6) is 0 Å². The highest BCUT2D eigenvalue weighted by atomic mass is 16.1. The number of carbonyl (C=O) groups is 1. The summed E-state index contributed by atoms with van der Waals surface area (Å²) in [6, 6.07) is 0.180. The molecule has 2 aliphatic carbocycles. The van der Waals surface area contributed by atoms with Gasteiger partial charge in [0.25, 0.3) is 0 Å². The van der Waals surface area contributed by atoms with E-state index in [1.807, 2.05) is 0 Å². The highest BCUT2D eigenvalue weighted by Gasteiger charge is 2.38. The maximum absolute atomic E-state index is 11.5. The molecule has 2 nitrogen and oxygen atoms in total. The zero-order chi connectivity index (χ0) is 7.84. The first-order valence-corrected chi connectivity index (χ1v) is 4.58. The molecule has 0 aliphatic heterocycles. The molecule has 0 heterocycles. The number of rotatable bonds is 0. The minimum atomic E-state index is 0.180. The number of hydrogen-bond donors (Lipinski definition) is 1. The van der Waals surface area contributed by atoms with Crippen molar-refractivity contribution in [1.82, 2.24) is 0 Å². The van der Waals surface area contributed by atoms with Gasteiger partial charge in [-0.2, -0.15) is 0 Å². The van der Waals surface area contributed by atoms with Crippen molar-refractivity contribution in [2.24, 2.45) is 17.6 Å². The lowest BCUT2D eigenvalue weighted by atomic mass is 9.69. The van der Waals surface area contributed by atoms with Crippen LogP contribution in [0.15, 0.2) is 0 Å². The SMILES string of the molecule is N[C@H]1CC[C@H]2CCC[C@@H]1C2=O. The monoisotopic (exact) mass is 153 g/mol. The smallest absolute Gasteiger partial charge is 0.140 e. The maximum atomic E-state index is 11.5. The van der Waals surface area contributed by atoms with Crippen molar-refractivity contribution in [3.05, 3.63) is 0 Å². The number of ketones is 1. The second-order valence-electron chi connectivity index (χ2n) is 3.88. The van der Waals surface area contributed by atoms with E-state index < -0.39 is 0 Å². The summed E-state index contributed by atoms with van der Waals surface area (Å²) in [4.78, 5) is 11.5. The predicted molar refractivity (Wildman–Crippen MR) is 43.0 cm³/mol. The summed E-state index contributed by atoms with van der Waals surface area (Å²) >= 11 is 0. The van der Waals surface area contributed by atoms with Crippen molar-refractivity contribution >= 4 is 5.78 Å². The Morgan fingerprint density at radius 2 is 2.00 bits per heavy atom. The molecule has 0 amide bonds. The first kappa shape index (κ1) is 7.29. The topological polar surface area (TPSA) is 43.1 Å². The molecule has 0 aromatic rings. The average Bonchev–Trinajstić information content (AvgIpc) is 1.98. The molecule has 0 aromatic heterocycles. The van der Waals surface area contributed by atoms with Gasteiger partial charge in [-0.15, -0.1) is 0 Å². The molecule has 0 radical (unpaired) electrons. The fourth-order valence-electron chi connectivity index (χ4n) is 2.48. The fourth-order valence-corrected chi connectivity index (χ4v) is 2.48. The van der Waals surface area contributed by atoms with Gasteiger partial charge in [0.2, 0.25) is 0 Å². The first-order valence-electron chi connectivity index (χ1n) is 4.58. The highest BCUT2D eigenvalue weighted by molar-refractivity contribution is 5.85. The standard InChI is InChI=1S/C9H15NO/c10-8-5-4-6-2-1-3-7(8)9(6)11/h6-8H,1-5,10H2/t6-,7+,8+/m1/s1. The number of Topliss-reactive ketones (excluding diaryl/α,β-unsaturated/α-hetero) is 1. The summed E-state index contributed by atoms with van der Waals surface area (Å²) in [6.45, 7) is 0. The molecule has 2 saturated carbocycles. The van der Waals surface area contributed by atoms with Crippen molar-refractivity contribution in [3.8, 4) is 0 Å². The van der Waals surface area contributed by atoms with Crippen molar-refractivity contribution in [2.75, 3.05) is 0 Å². The van der Waals surface area contributed by atoms with E-state index in [4.69, 9.17) is 5.73 Å². The lowest BCUT2D eigenvalue weighted by Gasteiger charge is -2.36. The molecule has 3 atom stereocenters. The third kappa shape index (κ3) is 1.09. The maximum Gasteiger partial charge on any atom is 0.140 e. The molecule has 0 spiro atoms. The van der Waals surface area contributed by atoms with Gasteiger partial charge in [0, 0.05) is 17.9 Å². The van der Waals surface area contributed by atoms with E-state index in [0.29, 0.717) is 11.7 Å². The molecule has 2 bridgehead atoms. The van der Waals surface area contributed by atoms with Crippen LogP contribution in [-0.2, 0) is 4.79 Å². The molecular weight excluding hydrogens is 138 g/mol. The number of nitrogens with two attached hydrogens (primary N) is 1. The lowest BCUT2D eigenvalue weighted by molar-refractivity contribution is -0.132. The molecule has 0 unspecified atom stereocenters. The Kier molecular flexibility index (Phi) is 1.72. The molecule has 2 aliphatic rings. The van der Waals surface area contributed by atoms with Crippen LogP contribution in [0.4, 0.5) is 0 Å². The normalized spacial score (nSPS) is 44.1. The van der Waals surface area contributed by atoms with E-state index in [-0.39, 0.29) is 12.0 Å². The van der Waals surface area contributed by atoms with Crippen molar-refractivity contribution in [2.45, 2.75) is 38.1 Å². The summed E-state index contributed by atoms with van der Waals surface area (Å²) in [6.07, 6.45) is 5.52. The first-order chi connectivity index (χ1) is 5.29. The third-order valence-corrected chi connectivity index (χ3v) is 3.20. The Morgan fingerprint density at radius 3 is 2.73 bits per heavy atom. The summed E-state index contributed by atoms with van der Waals surface area (Å²) in [7, 11) is 0. The second-order valence-corrected chi connectivity index (χ2v) is 3.88. The van der Waals surface area contributed by atoms with Gasteiger partial charge in [-0.25, -0.2) is 0 Å². The molecule has 11 heavy (non-hydrogen) atoms. The van der Waals surface area contributed by atoms with Crippen molar-refractivity contribution < 1.29 is 4.79 Å². The highest BCUT2D eigenvalue weighted by Crippen LogP contribution is 2.36. The van der Waals surface area contributed by atoms with E-state index in [9.17, 15) is 4.79 Å². The van der Waals surface area contributed by atoms with Gasteiger partial charge in [0.1, 0.15) is 5.78 Å². The molecule has 2 N–H and O–H groups in total. The number of fused-ring (bicyclic) bond motifs is 2. The van der Waals surface area contributed by atoms with E-state index >= 15 is 0 Å². The Balaban J connectivity index is 2.16. The largest absolute Gasteiger partial charge is 0.327 e. The van der Waals surface area contributed by atoms with E-state index in [2.05, 4.69) is 0 Å². The van der Waals surface area contributed by atoms with Crippen LogP contribution >= 0.6 is 0 Å². The summed E-state index contributed by atoms with van der Waals surface area (Å²) < 4.78 is 0. The van der Waals surface area contributed by atoms with E-state index in [1.165, 1.54) is 6.42 Å². The second kappa shape index (κ2) is 2.59. The zero-order valence-electron chi connectivity index (χ0n) is 6.75. The van der Waals surface area contributed by atoms with Gasteiger partial charge in [-0.3, -0.25) is 4.79 Å². The van der Waals surface area contributed by atoms with Gasteiger partial charge in [-0.1, -0.05) is 6.42 Å². The number of hydrogen-bond acceptors (Lipinski definition) is 2.